The Morgan fingerprint density at radius 3 is 2.60 bits per heavy atom. The molecule has 2 aliphatic heterocycles. The van der Waals surface area contributed by atoms with E-state index in [0.717, 1.165) is 56.2 Å². The van der Waals surface area contributed by atoms with Crippen LogP contribution in [0.3, 0.4) is 0 Å². The molecule has 0 atom stereocenters. The molecule has 0 spiro atoms. The van der Waals surface area contributed by atoms with E-state index in [1.54, 1.807) is 18.4 Å². The number of benzene rings is 2. The summed E-state index contributed by atoms with van der Waals surface area (Å²) >= 11 is 0. The summed E-state index contributed by atoms with van der Waals surface area (Å²) in [5.41, 5.74) is 3.10. The molecule has 1 fully saturated rings. The van der Waals surface area contributed by atoms with Gasteiger partial charge in [0.1, 0.15) is 23.7 Å². The summed E-state index contributed by atoms with van der Waals surface area (Å²) in [6.45, 7) is 3.85. The van der Waals surface area contributed by atoms with E-state index < -0.39 is 11.6 Å². The summed E-state index contributed by atoms with van der Waals surface area (Å²) in [6, 6.07) is 11.1. The number of carbonyl (C=O) groups excluding carboxylic acids is 2. The number of rotatable bonds is 9. The number of hydrogen-bond acceptors (Lipinski definition) is 5. The van der Waals surface area contributed by atoms with Crippen molar-refractivity contribution in [1.29, 1.82) is 0 Å². The second-order valence-corrected chi connectivity index (χ2v) is 10.3. The summed E-state index contributed by atoms with van der Waals surface area (Å²) < 4.78 is 32.5. The highest BCUT2D eigenvalue weighted by atomic mass is 19.1. The molecule has 3 aliphatic rings. The summed E-state index contributed by atoms with van der Waals surface area (Å²) in [7, 11) is 0. The fourth-order valence-electron chi connectivity index (χ4n) is 5.41. The number of allylic oxidation sites excluding steroid dienone is 4. The average molecular weight is 546 g/mol. The molecule has 0 radical (unpaired) electrons. The molecule has 1 aliphatic carbocycles. The number of ether oxygens (including phenoxy) is 1. The third kappa shape index (κ3) is 7.12. The Morgan fingerprint density at radius 2 is 1.82 bits per heavy atom. The molecule has 1 N–H and O–H groups in total. The van der Waals surface area contributed by atoms with Crippen LogP contribution in [0, 0.1) is 11.6 Å². The van der Waals surface area contributed by atoms with Crippen molar-refractivity contribution in [2.75, 3.05) is 32.7 Å². The topological polar surface area (TPSA) is 61.9 Å². The Bertz CT molecular complexity index is 1350. The van der Waals surface area contributed by atoms with Crippen molar-refractivity contribution in [1.82, 2.24) is 15.1 Å². The zero-order chi connectivity index (χ0) is 27.9. The third-order valence-corrected chi connectivity index (χ3v) is 7.52. The van der Waals surface area contributed by atoms with E-state index in [0.29, 0.717) is 36.3 Å². The van der Waals surface area contributed by atoms with Crippen LogP contribution >= 0.6 is 0 Å². The molecule has 0 aromatic heterocycles. The molecule has 40 heavy (non-hydrogen) atoms. The lowest BCUT2D eigenvalue weighted by molar-refractivity contribution is -0.114. The van der Waals surface area contributed by atoms with E-state index in [4.69, 9.17) is 4.74 Å². The van der Waals surface area contributed by atoms with Gasteiger partial charge in [-0.3, -0.25) is 9.59 Å². The largest absolute Gasteiger partial charge is 0.462 e. The molecule has 2 heterocycles. The standard InChI is InChI=1S/C32H33F2N3O3/c33-26-18-23(19-27(34)21-26)8-11-35-32(39)30-7-2-1-6-29(30)24-9-12-36(13-10-24)14-15-37-16-17-40-31(22-37)25-4-3-5-28(38)20-25/h1-7,16-19,21-22,24H,8-15,20H2,(H,35,39). The van der Waals surface area contributed by atoms with Crippen molar-refractivity contribution < 1.29 is 23.1 Å². The van der Waals surface area contributed by atoms with Gasteiger partial charge in [-0.05, 0) is 73.7 Å². The molecule has 1 amide bonds. The molecular formula is C32H33F2N3O3. The van der Waals surface area contributed by atoms with Gasteiger partial charge < -0.3 is 19.9 Å². The zero-order valence-electron chi connectivity index (χ0n) is 22.3. The van der Waals surface area contributed by atoms with E-state index in [-0.39, 0.29) is 17.6 Å². The van der Waals surface area contributed by atoms with Crippen LogP contribution in [0.2, 0.25) is 0 Å². The first-order chi connectivity index (χ1) is 19.4. The highest BCUT2D eigenvalue weighted by Gasteiger charge is 2.25. The number of ketones is 1. The lowest BCUT2D eigenvalue weighted by atomic mass is 9.86. The minimum atomic E-state index is -0.618. The van der Waals surface area contributed by atoms with Crippen LogP contribution in [-0.4, -0.2) is 54.2 Å². The average Bonchev–Trinajstić information content (AvgIpc) is 2.96. The van der Waals surface area contributed by atoms with Crippen LogP contribution in [0.15, 0.2) is 90.7 Å². The Labute approximate surface area is 233 Å². The molecule has 208 valence electrons. The normalized spacial score (nSPS) is 17.9. The number of halogens is 2. The molecule has 5 rings (SSSR count). The Kier molecular flexibility index (Phi) is 8.86. The van der Waals surface area contributed by atoms with E-state index in [1.165, 1.54) is 12.1 Å². The Morgan fingerprint density at radius 1 is 1.05 bits per heavy atom. The summed E-state index contributed by atoms with van der Waals surface area (Å²) in [5, 5.41) is 2.91. The first-order valence-corrected chi connectivity index (χ1v) is 13.7. The number of carbonyl (C=O) groups is 2. The van der Waals surface area contributed by atoms with Crippen LogP contribution in [0.25, 0.3) is 0 Å². The number of piperidine rings is 1. The van der Waals surface area contributed by atoms with Crippen molar-refractivity contribution in [3.05, 3.63) is 119 Å². The van der Waals surface area contributed by atoms with Gasteiger partial charge in [-0.15, -0.1) is 0 Å². The molecule has 8 heteroatoms. The first-order valence-electron chi connectivity index (χ1n) is 13.7. The maximum Gasteiger partial charge on any atom is 0.251 e. The molecule has 0 unspecified atom stereocenters. The van der Waals surface area contributed by atoms with Crippen LogP contribution in [0.4, 0.5) is 8.78 Å². The minimum absolute atomic E-state index is 0.0746. The lowest BCUT2D eigenvalue weighted by Crippen LogP contribution is -2.38. The Balaban J connectivity index is 1.11. The smallest absolute Gasteiger partial charge is 0.251 e. The minimum Gasteiger partial charge on any atom is -0.462 e. The molecule has 2 aromatic carbocycles. The van der Waals surface area contributed by atoms with Gasteiger partial charge >= 0.3 is 0 Å². The molecule has 6 nitrogen and oxygen atoms in total. The Hall–Kier alpha value is -4.04. The second-order valence-electron chi connectivity index (χ2n) is 10.3. The highest BCUT2D eigenvalue weighted by Crippen LogP contribution is 2.30. The van der Waals surface area contributed by atoms with Gasteiger partial charge in [0.15, 0.2) is 5.78 Å². The molecule has 0 saturated carbocycles. The van der Waals surface area contributed by atoms with Gasteiger partial charge in [0.25, 0.3) is 5.91 Å². The number of hydrogen-bond donors (Lipinski definition) is 1. The fraction of sp³-hybridized carbons (Fsp3) is 0.312. The molecular weight excluding hydrogens is 512 g/mol. The number of nitrogens with zero attached hydrogens (tertiary/aromatic N) is 2. The van der Waals surface area contributed by atoms with Gasteiger partial charge in [0.2, 0.25) is 0 Å². The van der Waals surface area contributed by atoms with Gasteiger partial charge in [0, 0.05) is 55.7 Å². The molecule has 2 aromatic rings. The monoisotopic (exact) mass is 545 g/mol. The predicted octanol–water partition coefficient (Wildman–Crippen LogP) is 5.22. The first kappa shape index (κ1) is 27.5. The maximum atomic E-state index is 13.4. The summed E-state index contributed by atoms with van der Waals surface area (Å²) in [6.07, 6.45) is 13.4. The number of nitrogens with one attached hydrogen (secondary N) is 1. The highest BCUT2D eigenvalue weighted by molar-refractivity contribution is 5.96. The number of amides is 1. The quantitative estimate of drug-likeness (QED) is 0.469. The van der Waals surface area contributed by atoms with Crippen LogP contribution in [-0.2, 0) is 16.0 Å². The lowest BCUT2D eigenvalue weighted by Gasteiger charge is -2.34. The maximum absolute atomic E-state index is 13.4. The van der Waals surface area contributed by atoms with Crippen LogP contribution < -0.4 is 5.32 Å². The second kappa shape index (κ2) is 12.9. The van der Waals surface area contributed by atoms with E-state index >= 15 is 0 Å². The van der Waals surface area contributed by atoms with Crippen molar-refractivity contribution >= 4 is 11.7 Å². The van der Waals surface area contributed by atoms with Gasteiger partial charge in [0.05, 0.1) is 0 Å². The van der Waals surface area contributed by atoms with E-state index in [2.05, 4.69) is 15.1 Å². The van der Waals surface area contributed by atoms with Gasteiger partial charge in [-0.1, -0.05) is 30.4 Å². The van der Waals surface area contributed by atoms with Crippen molar-refractivity contribution in [3.8, 4) is 0 Å². The fourth-order valence-corrected chi connectivity index (χ4v) is 5.41. The van der Waals surface area contributed by atoms with Crippen molar-refractivity contribution in [3.63, 3.8) is 0 Å². The predicted molar refractivity (Wildman–Crippen MR) is 149 cm³/mol. The summed E-state index contributed by atoms with van der Waals surface area (Å²) in [5.74, 6) is -0.334. The zero-order valence-corrected chi connectivity index (χ0v) is 22.3. The number of likely N-dealkylation sites (tertiary alicyclic amines) is 1. The molecule has 0 bridgehead atoms. The molecule has 1 saturated heterocycles. The van der Waals surface area contributed by atoms with E-state index in [9.17, 15) is 18.4 Å². The SMILES string of the molecule is O=C1C=CC=C(C2=CN(CCN3CCC(c4ccccc4C(=O)NCCc4cc(F)cc(F)c4)CC3)C=CO2)C1. The van der Waals surface area contributed by atoms with E-state index in [1.807, 2.05) is 42.7 Å². The van der Waals surface area contributed by atoms with Gasteiger partial charge in [-0.2, -0.15) is 0 Å². The van der Waals surface area contributed by atoms with Gasteiger partial charge in [-0.25, -0.2) is 8.78 Å². The third-order valence-electron chi connectivity index (χ3n) is 7.52. The van der Waals surface area contributed by atoms with Crippen molar-refractivity contribution in [2.45, 2.75) is 31.6 Å². The van der Waals surface area contributed by atoms with Crippen LogP contribution in [0.1, 0.15) is 46.7 Å². The van der Waals surface area contributed by atoms with Crippen LogP contribution in [0.5, 0.6) is 0 Å². The summed E-state index contributed by atoms with van der Waals surface area (Å²) in [4.78, 5) is 29.3. The van der Waals surface area contributed by atoms with Crippen molar-refractivity contribution in [2.24, 2.45) is 0 Å².